The zero-order valence-corrected chi connectivity index (χ0v) is 16.9. The van der Waals surface area contributed by atoms with Gasteiger partial charge in [-0.05, 0) is 46.5 Å². The SMILES string of the molecule is C=CCCCCCCCCC[N+](C(C)C(=O)O)(C(C)C(=O)O)C(C)C(=O)O. The van der Waals surface area contributed by atoms with Gasteiger partial charge in [0.2, 0.25) is 0 Å². The predicted octanol–water partition coefficient (Wildman–Crippen LogP) is 3.53. The smallest absolute Gasteiger partial charge is 0.362 e. The first-order valence-corrected chi connectivity index (χ1v) is 9.79. The van der Waals surface area contributed by atoms with Crippen molar-refractivity contribution < 1.29 is 34.2 Å². The van der Waals surface area contributed by atoms with Crippen LogP contribution in [0.5, 0.6) is 0 Å². The van der Waals surface area contributed by atoms with Crippen LogP contribution in [0.1, 0.15) is 72.1 Å². The van der Waals surface area contributed by atoms with Crippen LogP contribution in [0.15, 0.2) is 12.7 Å². The lowest BCUT2D eigenvalue weighted by molar-refractivity contribution is -0.968. The highest BCUT2D eigenvalue weighted by molar-refractivity contribution is 5.77. The Morgan fingerprint density at radius 2 is 1.07 bits per heavy atom. The van der Waals surface area contributed by atoms with Gasteiger partial charge >= 0.3 is 17.9 Å². The second-order valence-electron chi connectivity index (χ2n) is 7.31. The summed E-state index contributed by atoms with van der Waals surface area (Å²) in [5.74, 6) is -3.55. The van der Waals surface area contributed by atoms with Crippen LogP contribution in [0.2, 0.25) is 0 Å². The largest absolute Gasteiger partial charge is 0.477 e. The van der Waals surface area contributed by atoms with E-state index in [2.05, 4.69) is 6.58 Å². The average molecular weight is 387 g/mol. The lowest BCUT2D eigenvalue weighted by Crippen LogP contribution is -2.70. The summed E-state index contributed by atoms with van der Waals surface area (Å²) in [7, 11) is 0. The Balaban J connectivity index is 5.04. The van der Waals surface area contributed by atoms with Crippen LogP contribution in [0.3, 0.4) is 0 Å². The number of hydrogen-bond donors (Lipinski definition) is 3. The van der Waals surface area contributed by atoms with Crippen molar-refractivity contribution in [1.29, 1.82) is 0 Å². The molecule has 0 saturated carbocycles. The molecule has 0 heterocycles. The van der Waals surface area contributed by atoms with Crippen molar-refractivity contribution >= 4 is 17.9 Å². The van der Waals surface area contributed by atoms with Crippen LogP contribution in [0.4, 0.5) is 0 Å². The molecule has 0 rings (SSSR count). The third-order valence-corrected chi connectivity index (χ3v) is 5.69. The summed E-state index contributed by atoms with van der Waals surface area (Å²) in [6.07, 6.45) is 9.79. The van der Waals surface area contributed by atoms with E-state index in [0.717, 1.165) is 44.9 Å². The van der Waals surface area contributed by atoms with E-state index in [9.17, 15) is 29.7 Å². The van der Waals surface area contributed by atoms with Crippen LogP contribution in [-0.2, 0) is 14.4 Å². The van der Waals surface area contributed by atoms with Gasteiger partial charge in [0, 0.05) is 0 Å². The molecule has 3 N–H and O–H groups in total. The Morgan fingerprint density at radius 3 is 1.41 bits per heavy atom. The molecule has 3 atom stereocenters. The molecule has 0 aliphatic carbocycles. The van der Waals surface area contributed by atoms with E-state index < -0.39 is 40.5 Å². The Bertz CT molecular complexity index is 454. The highest BCUT2D eigenvalue weighted by atomic mass is 16.4. The fourth-order valence-electron chi connectivity index (χ4n) is 3.76. The first-order chi connectivity index (χ1) is 12.6. The molecular weight excluding hydrogens is 350 g/mol. The fraction of sp³-hybridized carbons (Fsp3) is 0.750. The molecule has 3 unspecified atom stereocenters. The molecule has 27 heavy (non-hydrogen) atoms. The molecule has 0 radical (unpaired) electrons. The number of carbonyl (C=O) groups is 3. The number of nitrogens with zero attached hydrogens (tertiary/aromatic N) is 1. The summed E-state index contributed by atoms with van der Waals surface area (Å²) < 4.78 is -0.487. The fourth-order valence-corrected chi connectivity index (χ4v) is 3.76. The maximum absolute atomic E-state index is 11.7. The van der Waals surface area contributed by atoms with Crippen molar-refractivity contribution in [2.24, 2.45) is 0 Å². The Hall–Kier alpha value is -1.89. The Morgan fingerprint density at radius 1 is 0.741 bits per heavy atom. The van der Waals surface area contributed by atoms with Crippen molar-refractivity contribution in [1.82, 2.24) is 0 Å². The third-order valence-electron chi connectivity index (χ3n) is 5.69. The molecular formula is C20H36NO6+. The summed E-state index contributed by atoms with van der Waals surface area (Å²) in [5.41, 5.74) is 0. The summed E-state index contributed by atoms with van der Waals surface area (Å²) >= 11 is 0. The van der Waals surface area contributed by atoms with Gasteiger partial charge in [0.05, 0.1) is 6.54 Å². The number of quaternary nitrogens is 1. The zero-order chi connectivity index (χ0) is 21.0. The quantitative estimate of drug-likeness (QED) is 0.212. The van der Waals surface area contributed by atoms with Gasteiger partial charge < -0.3 is 15.3 Å². The van der Waals surface area contributed by atoms with E-state index in [4.69, 9.17) is 0 Å². The number of rotatable bonds is 16. The van der Waals surface area contributed by atoms with Crippen LogP contribution in [0.25, 0.3) is 0 Å². The van der Waals surface area contributed by atoms with Crippen LogP contribution in [0, 0.1) is 0 Å². The van der Waals surface area contributed by atoms with Gasteiger partial charge in [-0.2, -0.15) is 0 Å². The van der Waals surface area contributed by atoms with Gasteiger partial charge in [0.15, 0.2) is 18.1 Å². The molecule has 0 spiro atoms. The molecule has 0 saturated heterocycles. The zero-order valence-electron chi connectivity index (χ0n) is 16.9. The summed E-state index contributed by atoms with van der Waals surface area (Å²) in [6, 6.07) is -3.37. The minimum Gasteiger partial charge on any atom is -0.477 e. The second-order valence-corrected chi connectivity index (χ2v) is 7.31. The molecule has 7 nitrogen and oxygen atoms in total. The molecule has 0 aromatic carbocycles. The second kappa shape index (κ2) is 12.5. The van der Waals surface area contributed by atoms with E-state index in [1.54, 1.807) is 0 Å². The molecule has 7 heteroatoms. The van der Waals surface area contributed by atoms with E-state index >= 15 is 0 Å². The Kier molecular flexibility index (Phi) is 11.6. The normalized spacial score (nSPS) is 16.7. The first-order valence-electron chi connectivity index (χ1n) is 9.79. The first kappa shape index (κ1) is 25.1. The third kappa shape index (κ3) is 7.33. The minimum absolute atomic E-state index is 0.213. The van der Waals surface area contributed by atoms with Crippen molar-refractivity contribution in [2.75, 3.05) is 6.54 Å². The Labute approximate surface area is 162 Å². The molecule has 0 bridgehead atoms. The highest BCUT2D eigenvalue weighted by Gasteiger charge is 2.52. The molecule has 0 aliphatic heterocycles. The lowest BCUT2D eigenvalue weighted by Gasteiger charge is -2.47. The standard InChI is InChI=1S/C20H35NO6/c1-5-6-7-8-9-10-11-12-13-14-21(15(2)18(22)23,16(3)19(24)25)17(4)20(26)27/h5,15-17H,1,6-14H2,2-4H3,(H2-,22,23,24,25,26,27)/p+1. The van der Waals surface area contributed by atoms with Gasteiger partial charge in [-0.3, -0.25) is 4.48 Å². The number of carboxylic acid groups (broad SMARTS) is 3. The number of unbranched alkanes of at least 4 members (excludes halogenated alkanes) is 7. The van der Waals surface area contributed by atoms with E-state index in [1.165, 1.54) is 20.8 Å². The molecule has 156 valence electrons. The summed E-state index contributed by atoms with van der Waals surface area (Å²) in [5, 5.41) is 28.5. The van der Waals surface area contributed by atoms with Gasteiger partial charge in [-0.25, -0.2) is 14.4 Å². The van der Waals surface area contributed by atoms with Crippen LogP contribution < -0.4 is 0 Å². The van der Waals surface area contributed by atoms with Gasteiger partial charge in [0.1, 0.15) is 0 Å². The molecule has 0 fully saturated rings. The molecule has 0 aromatic heterocycles. The molecule has 0 aliphatic rings. The predicted molar refractivity (Wildman–Crippen MR) is 104 cm³/mol. The van der Waals surface area contributed by atoms with E-state index in [0.29, 0.717) is 6.42 Å². The van der Waals surface area contributed by atoms with Crippen LogP contribution in [-0.4, -0.2) is 62.4 Å². The lowest BCUT2D eigenvalue weighted by atomic mass is 10.00. The highest BCUT2D eigenvalue weighted by Crippen LogP contribution is 2.27. The number of hydrogen-bond acceptors (Lipinski definition) is 3. The van der Waals surface area contributed by atoms with Crippen molar-refractivity contribution in [3.05, 3.63) is 12.7 Å². The monoisotopic (exact) mass is 386 g/mol. The van der Waals surface area contributed by atoms with Gasteiger partial charge in [-0.15, -0.1) is 6.58 Å². The number of aliphatic carboxylic acids is 3. The van der Waals surface area contributed by atoms with Gasteiger partial charge in [-0.1, -0.05) is 31.8 Å². The molecule has 0 amide bonds. The van der Waals surface area contributed by atoms with Crippen molar-refractivity contribution in [3.8, 4) is 0 Å². The number of carboxylic acids is 3. The van der Waals surface area contributed by atoms with E-state index in [-0.39, 0.29) is 6.54 Å². The van der Waals surface area contributed by atoms with Gasteiger partial charge in [0.25, 0.3) is 0 Å². The van der Waals surface area contributed by atoms with Crippen molar-refractivity contribution in [2.45, 2.75) is 90.3 Å². The summed E-state index contributed by atoms with van der Waals surface area (Å²) in [4.78, 5) is 35.0. The maximum atomic E-state index is 11.7. The summed E-state index contributed by atoms with van der Waals surface area (Å²) in [6.45, 7) is 8.12. The molecule has 0 aromatic rings. The maximum Gasteiger partial charge on any atom is 0.362 e. The minimum atomic E-state index is -1.18. The van der Waals surface area contributed by atoms with Crippen LogP contribution >= 0.6 is 0 Å². The average Bonchev–Trinajstić information content (AvgIpc) is 2.61. The topological polar surface area (TPSA) is 112 Å². The number of allylic oxidation sites excluding steroid dienone is 1. The van der Waals surface area contributed by atoms with E-state index in [1.807, 2.05) is 6.08 Å². The van der Waals surface area contributed by atoms with Crippen molar-refractivity contribution in [3.63, 3.8) is 0 Å².